The number of rotatable bonds is 6. The van der Waals surface area contributed by atoms with Crippen LogP contribution < -0.4 is 14.5 Å². The van der Waals surface area contributed by atoms with Crippen molar-refractivity contribution in [3.8, 4) is 11.5 Å². The van der Waals surface area contributed by atoms with Gasteiger partial charge in [-0.2, -0.15) is 9.29 Å². The van der Waals surface area contributed by atoms with E-state index in [4.69, 9.17) is 4.74 Å². The van der Waals surface area contributed by atoms with Gasteiger partial charge in [0.15, 0.2) is 0 Å². The Labute approximate surface area is 189 Å². The molecule has 0 bridgehead atoms. The van der Waals surface area contributed by atoms with Gasteiger partial charge in [-0.3, -0.25) is 0 Å². The molecule has 0 aliphatic carbocycles. The van der Waals surface area contributed by atoms with Gasteiger partial charge < -0.3 is 14.5 Å². The zero-order valence-corrected chi connectivity index (χ0v) is 19.3. The summed E-state index contributed by atoms with van der Waals surface area (Å²) in [5.41, 5.74) is 0.881. The first-order valence-electron chi connectivity index (χ1n) is 10.4. The summed E-state index contributed by atoms with van der Waals surface area (Å²) in [6.45, 7) is 3.75. The van der Waals surface area contributed by atoms with Crippen LogP contribution in [-0.4, -0.2) is 63.0 Å². The van der Waals surface area contributed by atoms with Crippen molar-refractivity contribution < 1.29 is 13.2 Å². The van der Waals surface area contributed by atoms with E-state index < -0.39 is 10.0 Å². The van der Waals surface area contributed by atoms with Crippen molar-refractivity contribution in [2.45, 2.75) is 11.8 Å². The first-order chi connectivity index (χ1) is 15.3. The maximum Gasteiger partial charge on any atom is 0.243 e. The SMILES string of the molecule is Cc1cc(N(C)C)nc(N2CCN(S(=O)(=O)c3ccc(Oc4ccccc4)cc3)CC2)n1. The molecule has 2 heterocycles. The number of aryl methyl sites for hydroxylation is 1. The van der Waals surface area contributed by atoms with Crippen LogP contribution in [0.25, 0.3) is 0 Å². The minimum Gasteiger partial charge on any atom is -0.457 e. The Kier molecular flexibility index (Phi) is 6.29. The van der Waals surface area contributed by atoms with Crippen molar-refractivity contribution in [1.82, 2.24) is 14.3 Å². The van der Waals surface area contributed by atoms with E-state index in [1.165, 1.54) is 4.31 Å². The summed E-state index contributed by atoms with van der Waals surface area (Å²) in [6.07, 6.45) is 0. The Morgan fingerprint density at radius 3 is 2.12 bits per heavy atom. The largest absolute Gasteiger partial charge is 0.457 e. The molecular weight excluding hydrogens is 426 g/mol. The zero-order chi connectivity index (χ0) is 22.7. The Balaban J connectivity index is 1.43. The van der Waals surface area contributed by atoms with E-state index in [2.05, 4.69) is 9.97 Å². The lowest BCUT2D eigenvalue weighted by Crippen LogP contribution is -2.49. The van der Waals surface area contributed by atoms with Crippen molar-refractivity contribution in [3.63, 3.8) is 0 Å². The lowest BCUT2D eigenvalue weighted by atomic mass is 10.3. The van der Waals surface area contributed by atoms with E-state index >= 15 is 0 Å². The highest BCUT2D eigenvalue weighted by atomic mass is 32.2. The van der Waals surface area contributed by atoms with Crippen LogP contribution in [0.4, 0.5) is 11.8 Å². The lowest BCUT2D eigenvalue weighted by molar-refractivity contribution is 0.382. The quantitative estimate of drug-likeness (QED) is 0.567. The highest BCUT2D eigenvalue weighted by molar-refractivity contribution is 7.89. The summed E-state index contributed by atoms with van der Waals surface area (Å²) >= 11 is 0. The van der Waals surface area contributed by atoms with Gasteiger partial charge in [-0.1, -0.05) is 18.2 Å². The number of hydrogen-bond donors (Lipinski definition) is 0. The van der Waals surface area contributed by atoms with Crippen LogP contribution in [0, 0.1) is 6.92 Å². The fourth-order valence-corrected chi connectivity index (χ4v) is 4.91. The summed E-state index contributed by atoms with van der Waals surface area (Å²) in [6, 6.07) is 17.9. The van der Waals surface area contributed by atoms with E-state index in [-0.39, 0.29) is 4.90 Å². The summed E-state index contributed by atoms with van der Waals surface area (Å²) < 4.78 is 33.5. The molecule has 0 unspecified atom stereocenters. The minimum absolute atomic E-state index is 0.257. The molecule has 32 heavy (non-hydrogen) atoms. The fourth-order valence-electron chi connectivity index (χ4n) is 3.49. The average molecular weight is 454 g/mol. The number of sulfonamides is 1. The Hall–Kier alpha value is -3.17. The molecule has 1 aliphatic heterocycles. The fraction of sp³-hybridized carbons (Fsp3) is 0.304. The molecule has 0 atom stereocenters. The summed E-state index contributed by atoms with van der Waals surface area (Å²) in [7, 11) is 0.289. The van der Waals surface area contributed by atoms with Gasteiger partial charge in [0, 0.05) is 52.0 Å². The van der Waals surface area contributed by atoms with Crippen LogP contribution in [0.2, 0.25) is 0 Å². The summed E-state index contributed by atoms with van der Waals surface area (Å²) in [5, 5.41) is 0. The molecule has 0 radical (unpaired) electrons. The number of aromatic nitrogens is 2. The second-order valence-electron chi connectivity index (χ2n) is 7.84. The van der Waals surface area contributed by atoms with Crippen LogP contribution in [-0.2, 0) is 10.0 Å². The van der Waals surface area contributed by atoms with E-state index in [0.29, 0.717) is 43.6 Å². The third-order valence-corrected chi connectivity index (χ3v) is 7.16. The minimum atomic E-state index is -3.58. The highest BCUT2D eigenvalue weighted by Crippen LogP contribution is 2.25. The molecule has 0 N–H and O–H groups in total. The van der Waals surface area contributed by atoms with Gasteiger partial charge in [0.1, 0.15) is 17.3 Å². The van der Waals surface area contributed by atoms with E-state index in [9.17, 15) is 8.42 Å². The number of para-hydroxylation sites is 1. The van der Waals surface area contributed by atoms with Gasteiger partial charge in [-0.05, 0) is 43.3 Å². The number of anilines is 2. The van der Waals surface area contributed by atoms with Crippen LogP contribution in [0.3, 0.4) is 0 Å². The second-order valence-corrected chi connectivity index (χ2v) is 9.78. The number of ether oxygens (including phenoxy) is 1. The molecule has 1 aliphatic rings. The molecule has 2 aromatic carbocycles. The van der Waals surface area contributed by atoms with Gasteiger partial charge >= 0.3 is 0 Å². The number of nitrogens with zero attached hydrogens (tertiary/aromatic N) is 5. The first kappa shape index (κ1) is 22.0. The maximum absolute atomic E-state index is 13.1. The van der Waals surface area contributed by atoms with E-state index in [1.807, 2.05) is 67.2 Å². The normalized spacial score (nSPS) is 14.9. The molecule has 4 rings (SSSR count). The monoisotopic (exact) mass is 453 g/mol. The first-order valence-corrected chi connectivity index (χ1v) is 11.9. The van der Waals surface area contributed by atoms with Crippen LogP contribution in [0.1, 0.15) is 5.69 Å². The zero-order valence-electron chi connectivity index (χ0n) is 18.5. The molecule has 168 valence electrons. The number of hydrogen-bond acceptors (Lipinski definition) is 7. The molecule has 1 aromatic heterocycles. The third kappa shape index (κ3) is 4.84. The topological polar surface area (TPSA) is 78.9 Å². The molecular formula is C23H27N5O3S. The lowest BCUT2D eigenvalue weighted by Gasteiger charge is -2.34. The predicted octanol–water partition coefficient (Wildman–Crippen LogP) is 3.15. The van der Waals surface area contributed by atoms with Crippen LogP contribution in [0.5, 0.6) is 11.5 Å². The van der Waals surface area contributed by atoms with Gasteiger partial charge in [0.2, 0.25) is 16.0 Å². The van der Waals surface area contributed by atoms with Gasteiger partial charge in [-0.15, -0.1) is 0 Å². The Bertz CT molecular complexity index is 1160. The molecule has 1 saturated heterocycles. The molecule has 3 aromatic rings. The van der Waals surface area contributed by atoms with Crippen molar-refractivity contribution in [3.05, 3.63) is 66.4 Å². The standard InChI is InChI=1S/C23H27N5O3S/c1-18-17-22(26(2)3)25-23(24-18)27-13-15-28(16-14-27)32(29,30)21-11-9-20(10-12-21)31-19-7-5-4-6-8-19/h4-12,17H,13-16H2,1-3H3. The summed E-state index contributed by atoms with van der Waals surface area (Å²) in [4.78, 5) is 13.4. The van der Waals surface area contributed by atoms with Gasteiger partial charge in [-0.25, -0.2) is 13.4 Å². The third-order valence-electron chi connectivity index (χ3n) is 5.25. The molecule has 8 nitrogen and oxygen atoms in total. The maximum atomic E-state index is 13.1. The molecule has 0 saturated carbocycles. The summed E-state index contributed by atoms with van der Waals surface area (Å²) in [5.74, 6) is 2.76. The number of piperazine rings is 1. The Morgan fingerprint density at radius 1 is 0.875 bits per heavy atom. The van der Waals surface area contributed by atoms with Gasteiger partial charge in [0.05, 0.1) is 4.90 Å². The smallest absolute Gasteiger partial charge is 0.243 e. The Morgan fingerprint density at radius 2 is 1.50 bits per heavy atom. The van der Waals surface area contributed by atoms with Crippen molar-refractivity contribution in [2.24, 2.45) is 0 Å². The van der Waals surface area contributed by atoms with Crippen LogP contribution in [0.15, 0.2) is 65.6 Å². The number of benzene rings is 2. The van der Waals surface area contributed by atoms with Gasteiger partial charge in [0.25, 0.3) is 0 Å². The predicted molar refractivity (Wildman–Crippen MR) is 125 cm³/mol. The molecule has 1 fully saturated rings. The van der Waals surface area contributed by atoms with Crippen LogP contribution >= 0.6 is 0 Å². The van der Waals surface area contributed by atoms with E-state index in [1.54, 1.807) is 24.3 Å². The van der Waals surface area contributed by atoms with Crippen molar-refractivity contribution in [2.75, 3.05) is 50.1 Å². The molecule has 9 heteroatoms. The van der Waals surface area contributed by atoms with Crippen molar-refractivity contribution >= 4 is 21.8 Å². The second kappa shape index (κ2) is 9.13. The van der Waals surface area contributed by atoms with E-state index in [0.717, 1.165) is 11.5 Å². The average Bonchev–Trinajstić information content (AvgIpc) is 2.80. The van der Waals surface area contributed by atoms with Crippen molar-refractivity contribution in [1.29, 1.82) is 0 Å². The molecule has 0 spiro atoms. The highest BCUT2D eigenvalue weighted by Gasteiger charge is 2.29. The molecule has 0 amide bonds.